The molecule has 0 aromatic carbocycles. The first-order valence-corrected chi connectivity index (χ1v) is 9.56. The molecule has 0 aliphatic carbocycles. The molecule has 0 saturated heterocycles. The lowest BCUT2D eigenvalue weighted by Crippen LogP contribution is -2.35. The molecule has 0 saturated carbocycles. The number of aromatic nitrogens is 4. The highest BCUT2D eigenvalue weighted by Gasteiger charge is 2.21. The Hall–Kier alpha value is -3.42. The number of aryl methyl sites for hydroxylation is 1. The van der Waals surface area contributed by atoms with Crippen LogP contribution in [0, 0.1) is 6.92 Å². The largest absolute Gasteiger partial charge is 0.459 e. The minimum atomic E-state index is -0.313. The summed E-state index contributed by atoms with van der Waals surface area (Å²) in [6, 6.07) is 5.45. The molecule has 0 fully saturated rings. The molecule has 0 unspecified atom stereocenters. The van der Waals surface area contributed by atoms with Crippen LogP contribution in [0.5, 0.6) is 0 Å². The molecular formula is C21H23N5O3. The fourth-order valence-corrected chi connectivity index (χ4v) is 3.68. The summed E-state index contributed by atoms with van der Waals surface area (Å²) in [5, 5.41) is 7.77. The van der Waals surface area contributed by atoms with Crippen molar-refractivity contribution in [1.29, 1.82) is 0 Å². The number of nitrogens with one attached hydrogen (secondary N) is 1. The van der Waals surface area contributed by atoms with Gasteiger partial charge in [-0.1, -0.05) is 0 Å². The van der Waals surface area contributed by atoms with Gasteiger partial charge >= 0.3 is 0 Å². The average Bonchev–Trinajstić information content (AvgIpc) is 3.19. The molecule has 0 spiro atoms. The van der Waals surface area contributed by atoms with Crippen LogP contribution in [0.3, 0.4) is 0 Å². The number of nitrogens with zero attached hydrogens (tertiary/aromatic N) is 4. The first kappa shape index (κ1) is 18.9. The Bertz CT molecular complexity index is 1250. The summed E-state index contributed by atoms with van der Waals surface area (Å²) >= 11 is 0. The van der Waals surface area contributed by atoms with Crippen molar-refractivity contribution in [2.24, 2.45) is 0 Å². The number of furan rings is 1. The summed E-state index contributed by atoms with van der Waals surface area (Å²) in [6.07, 6.45) is 4.95. The molecular weight excluding hydrogens is 370 g/mol. The molecule has 0 aliphatic rings. The van der Waals surface area contributed by atoms with Crippen molar-refractivity contribution < 1.29 is 9.21 Å². The minimum Gasteiger partial charge on any atom is -0.459 e. The minimum absolute atomic E-state index is 0.0519. The van der Waals surface area contributed by atoms with E-state index in [-0.39, 0.29) is 30.1 Å². The fraction of sp³-hybridized carbons (Fsp3) is 0.333. The Labute approximate surface area is 167 Å². The van der Waals surface area contributed by atoms with Gasteiger partial charge in [0.1, 0.15) is 17.8 Å². The van der Waals surface area contributed by atoms with Gasteiger partial charge in [-0.05, 0) is 45.4 Å². The van der Waals surface area contributed by atoms with E-state index in [2.05, 4.69) is 15.4 Å². The Morgan fingerprint density at radius 3 is 2.66 bits per heavy atom. The number of amides is 1. The normalized spacial score (nSPS) is 12.7. The van der Waals surface area contributed by atoms with Crippen molar-refractivity contribution in [1.82, 2.24) is 24.6 Å². The van der Waals surface area contributed by atoms with Gasteiger partial charge in [-0.2, -0.15) is 5.10 Å². The van der Waals surface area contributed by atoms with Crippen molar-refractivity contribution in [2.75, 3.05) is 0 Å². The standard InChI is InChI=1S/C21H23N5O3/c1-12(2)26-17-9-13(3)29-20(17)16-10-23-25(21(28)19(16)26)11-18(27)24-14(4)15-5-7-22-8-6-15/h5-10,12,14H,11H2,1-4H3,(H,24,27)/t14-/m0/s1. The number of hydrogen-bond acceptors (Lipinski definition) is 5. The second-order valence-electron chi connectivity index (χ2n) is 7.47. The topological polar surface area (TPSA) is 95.0 Å². The van der Waals surface area contributed by atoms with Gasteiger partial charge in [0.25, 0.3) is 5.56 Å². The predicted octanol–water partition coefficient (Wildman–Crippen LogP) is 3.11. The van der Waals surface area contributed by atoms with Gasteiger partial charge in [0.2, 0.25) is 5.91 Å². The summed E-state index contributed by atoms with van der Waals surface area (Å²) in [4.78, 5) is 29.6. The highest BCUT2D eigenvalue weighted by molar-refractivity contribution is 6.04. The molecule has 4 aromatic rings. The first-order valence-electron chi connectivity index (χ1n) is 9.56. The molecule has 8 heteroatoms. The summed E-state index contributed by atoms with van der Waals surface area (Å²) < 4.78 is 8.94. The Morgan fingerprint density at radius 2 is 1.97 bits per heavy atom. The molecule has 4 heterocycles. The zero-order valence-electron chi connectivity index (χ0n) is 16.8. The number of hydrogen-bond donors (Lipinski definition) is 1. The lowest BCUT2D eigenvalue weighted by atomic mass is 10.1. The van der Waals surface area contributed by atoms with Crippen LogP contribution in [0.15, 0.2) is 46.0 Å². The fourth-order valence-electron chi connectivity index (χ4n) is 3.68. The zero-order chi connectivity index (χ0) is 20.7. The van der Waals surface area contributed by atoms with Crippen molar-refractivity contribution in [3.8, 4) is 0 Å². The second-order valence-corrected chi connectivity index (χ2v) is 7.47. The molecule has 1 atom stereocenters. The maximum atomic E-state index is 13.1. The van der Waals surface area contributed by atoms with E-state index < -0.39 is 0 Å². The molecule has 0 aliphatic heterocycles. The zero-order valence-corrected chi connectivity index (χ0v) is 16.8. The summed E-state index contributed by atoms with van der Waals surface area (Å²) in [5.41, 5.74) is 2.64. The number of rotatable bonds is 5. The van der Waals surface area contributed by atoms with E-state index in [0.29, 0.717) is 16.5 Å². The van der Waals surface area contributed by atoms with E-state index in [4.69, 9.17) is 4.42 Å². The summed E-state index contributed by atoms with van der Waals surface area (Å²) in [7, 11) is 0. The number of carbonyl (C=O) groups excluding carboxylic acids is 1. The highest BCUT2D eigenvalue weighted by Crippen LogP contribution is 2.31. The van der Waals surface area contributed by atoms with Crippen LogP contribution >= 0.6 is 0 Å². The third-order valence-electron chi connectivity index (χ3n) is 4.99. The van der Waals surface area contributed by atoms with Crippen molar-refractivity contribution in [3.63, 3.8) is 0 Å². The molecule has 1 N–H and O–H groups in total. The van der Waals surface area contributed by atoms with E-state index in [9.17, 15) is 9.59 Å². The third kappa shape index (κ3) is 3.30. The van der Waals surface area contributed by atoms with E-state index in [1.807, 2.05) is 50.5 Å². The van der Waals surface area contributed by atoms with E-state index in [0.717, 1.165) is 16.8 Å². The van der Waals surface area contributed by atoms with Gasteiger partial charge in [-0.15, -0.1) is 0 Å². The van der Waals surface area contributed by atoms with E-state index in [1.165, 1.54) is 4.68 Å². The van der Waals surface area contributed by atoms with E-state index >= 15 is 0 Å². The van der Waals surface area contributed by atoms with Crippen LogP contribution in [0.25, 0.3) is 22.0 Å². The smallest absolute Gasteiger partial charge is 0.291 e. The Kier molecular flexibility index (Phi) is 4.70. The van der Waals surface area contributed by atoms with Gasteiger partial charge in [0.05, 0.1) is 23.1 Å². The lowest BCUT2D eigenvalue weighted by molar-refractivity contribution is -0.122. The highest BCUT2D eigenvalue weighted by atomic mass is 16.3. The van der Waals surface area contributed by atoms with Gasteiger partial charge in [0.15, 0.2) is 5.58 Å². The Morgan fingerprint density at radius 1 is 1.24 bits per heavy atom. The summed E-state index contributed by atoms with van der Waals surface area (Å²) in [5.74, 6) is 0.491. The average molecular weight is 393 g/mol. The maximum Gasteiger partial charge on any atom is 0.291 e. The van der Waals surface area contributed by atoms with Crippen molar-refractivity contribution in [3.05, 3.63) is 58.5 Å². The SMILES string of the molecule is Cc1cc2c(o1)c1cnn(CC(=O)N[C@@H](C)c3ccncc3)c(=O)c1n2C(C)C. The van der Waals surface area contributed by atoms with Crippen LogP contribution in [-0.4, -0.2) is 25.2 Å². The molecule has 1 amide bonds. The molecule has 29 heavy (non-hydrogen) atoms. The van der Waals surface area contributed by atoms with Crippen LogP contribution in [0.2, 0.25) is 0 Å². The molecule has 0 bridgehead atoms. The van der Waals surface area contributed by atoms with Gasteiger partial charge in [-0.3, -0.25) is 14.6 Å². The molecule has 8 nitrogen and oxygen atoms in total. The molecule has 4 aromatic heterocycles. The van der Waals surface area contributed by atoms with Crippen LogP contribution < -0.4 is 10.9 Å². The van der Waals surface area contributed by atoms with Gasteiger partial charge < -0.3 is 14.3 Å². The third-order valence-corrected chi connectivity index (χ3v) is 4.99. The first-order chi connectivity index (χ1) is 13.9. The van der Waals surface area contributed by atoms with Crippen LogP contribution in [-0.2, 0) is 11.3 Å². The van der Waals surface area contributed by atoms with Crippen LogP contribution in [0.1, 0.15) is 44.2 Å². The van der Waals surface area contributed by atoms with Gasteiger partial charge in [0, 0.05) is 24.5 Å². The quantitative estimate of drug-likeness (QED) is 0.562. The molecule has 0 radical (unpaired) electrons. The monoisotopic (exact) mass is 393 g/mol. The van der Waals surface area contributed by atoms with Crippen molar-refractivity contribution >= 4 is 27.9 Å². The molecule has 4 rings (SSSR count). The van der Waals surface area contributed by atoms with Crippen molar-refractivity contribution in [2.45, 2.75) is 46.3 Å². The van der Waals surface area contributed by atoms with E-state index in [1.54, 1.807) is 18.6 Å². The van der Waals surface area contributed by atoms with Gasteiger partial charge in [-0.25, -0.2) is 4.68 Å². The number of pyridine rings is 1. The number of fused-ring (bicyclic) bond motifs is 3. The maximum absolute atomic E-state index is 13.1. The predicted molar refractivity (Wildman–Crippen MR) is 110 cm³/mol. The Balaban J connectivity index is 1.68. The second kappa shape index (κ2) is 7.20. The molecule has 150 valence electrons. The number of carbonyl (C=O) groups is 1. The summed E-state index contributed by atoms with van der Waals surface area (Å²) in [6.45, 7) is 7.61. The van der Waals surface area contributed by atoms with Crippen LogP contribution in [0.4, 0.5) is 0 Å². The lowest BCUT2D eigenvalue weighted by Gasteiger charge is -2.15.